The lowest BCUT2D eigenvalue weighted by atomic mass is 10.2. The van der Waals surface area contributed by atoms with Gasteiger partial charge in [0, 0.05) is 25.0 Å². The predicted octanol–water partition coefficient (Wildman–Crippen LogP) is 5.05. The zero-order valence-electron chi connectivity index (χ0n) is 17.0. The van der Waals surface area contributed by atoms with Gasteiger partial charge in [0.25, 0.3) is 0 Å². The second-order valence-corrected chi connectivity index (χ2v) is 20.2. The molecule has 0 bridgehead atoms. The number of hydrogen-bond acceptors (Lipinski definition) is 3. The summed E-state index contributed by atoms with van der Waals surface area (Å²) < 4.78 is 18.7. The van der Waals surface area contributed by atoms with Crippen LogP contribution in [0.1, 0.15) is 41.5 Å². The number of rotatable bonds is 6. The van der Waals surface area contributed by atoms with E-state index in [9.17, 15) is 0 Å². The molecule has 3 nitrogen and oxygen atoms in total. The molecule has 1 saturated carbocycles. The SMILES string of the molecule is CC(C)(C)[Si](C)(C)OC[C@H]1[C@H](CO[Si](C)(C)C(C)(C)C)C12CO2. The Balaban J connectivity index is 1.87. The van der Waals surface area contributed by atoms with E-state index in [0.29, 0.717) is 11.8 Å². The topological polar surface area (TPSA) is 31.0 Å². The van der Waals surface area contributed by atoms with E-state index in [4.69, 9.17) is 13.6 Å². The molecule has 1 aliphatic carbocycles. The maximum Gasteiger partial charge on any atom is 0.191 e. The van der Waals surface area contributed by atoms with Gasteiger partial charge in [-0.05, 0) is 36.3 Å². The fraction of sp³-hybridized carbons (Fsp3) is 1.00. The molecule has 5 heteroatoms. The van der Waals surface area contributed by atoms with Crippen LogP contribution >= 0.6 is 0 Å². The van der Waals surface area contributed by atoms with Crippen LogP contribution < -0.4 is 0 Å². The van der Waals surface area contributed by atoms with Crippen molar-refractivity contribution < 1.29 is 13.6 Å². The quantitative estimate of drug-likeness (QED) is 0.492. The molecular weight excluding hydrogens is 320 g/mol. The molecule has 2 aliphatic rings. The van der Waals surface area contributed by atoms with E-state index in [1.54, 1.807) is 0 Å². The summed E-state index contributed by atoms with van der Waals surface area (Å²) in [5, 5.41) is 0.541. The Bertz CT molecular complexity index is 404. The number of hydrogen-bond donors (Lipinski definition) is 0. The van der Waals surface area contributed by atoms with Crippen molar-refractivity contribution in [1.29, 1.82) is 0 Å². The minimum Gasteiger partial charge on any atom is -0.416 e. The van der Waals surface area contributed by atoms with Crippen molar-refractivity contribution in [3.63, 3.8) is 0 Å². The highest BCUT2D eigenvalue weighted by atomic mass is 28.4. The Labute approximate surface area is 145 Å². The second-order valence-electron chi connectivity index (χ2n) is 10.6. The molecule has 0 N–H and O–H groups in total. The fourth-order valence-corrected chi connectivity index (χ4v) is 4.69. The van der Waals surface area contributed by atoms with Gasteiger partial charge in [0.05, 0.1) is 6.61 Å². The minimum atomic E-state index is -1.67. The number of epoxide rings is 1. The van der Waals surface area contributed by atoms with E-state index in [1.807, 2.05) is 0 Å². The van der Waals surface area contributed by atoms with E-state index in [2.05, 4.69) is 67.7 Å². The summed E-state index contributed by atoms with van der Waals surface area (Å²) in [6, 6.07) is 0. The van der Waals surface area contributed by atoms with Crippen LogP contribution in [0.25, 0.3) is 0 Å². The highest BCUT2D eigenvalue weighted by Gasteiger charge is 2.74. The van der Waals surface area contributed by atoms with Crippen molar-refractivity contribution >= 4 is 16.6 Å². The molecule has 0 aromatic rings. The van der Waals surface area contributed by atoms with Gasteiger partial charge in [-0.15, -0.1) is 0 Å². The van der Waals surface area contributed by atoms with Crippen LogP contribution in [0.2, 0.25) is 36.3 Å². The van der Waals surface area contributed by atoms with Gasteiger partial charge in [-0.25, -0.2) is 0 Å². The van der Waals surface area contributed by atoms with Gasteiger partial charge < -0.3 is 13.6 Å². The maximum atomic E-state index is 6.44. The minimum absolute atomic E-state index is 0.116. The van der Waals surface area contributed by atoms with Gasteiger partial charge in [0.1, 0.15) is 5.60 Å². The van der Waals surface area contributed by atoms with Crippen molar-refractivity contribution in [1.82, 2.24) is 0 Å². The molecule has 1 spiro atoms. The zero-order valence-corrected chi connectivity index (χ0v) is 19.0. The van der Waals surface area contributed by atoms with Crippen LogP contribution in [0, 0.1) is 11.8 Å². The molecule has 0 aromatic carbocycles. The van der Waals surface area contributed by atoms with Gasteiger partial charge in [-0.3, -0.25) is 0 Å². The summed E-state index contributed by atoms with van der Waals surface area (Å²) in [5.41, 5.74) is 0.116. The van der Waals surface area contributed by atoms with Crippen LogP contribution in [-0.4, -0.2) is 42.1 Å². The number of ether oxygens (including phenoxy) is 1. The summed E-state index contributed by atoms with van der Waals surface area (Å²) in [6.45, 7) is 25.7. The maximum absolute atomic E-state index is 6.44. The van der Waals surface area contributed by atoms with Gasteiger partial charge in [0.2, 0.25) is 0 Å². The largest absolute Gasteiger partial charge is 0.416 e. The first-order valence-corrected chi connectivity index (χ1v) is 14.9. The average molecular weight is 359 g/mol. The lowest BCUT2D eigenvalue weighted by molar-refractivity contribution is 0.233. The summed E-state index contributed by atoms with van der Waals surface area (Å²) in [6.07, 6.45) is 0. The second kappa shape index (κ2) is 5.66. The van der Waals surface area contributed by atoms with Crippen molar-refractivity contribution in [3.8, 4) is 0 Å². The molecule has 2 fully saturated rings. The van der Waals surface area contributed by atoms with E-state index in [-0.39, 0.29) is 15.7 Å². The molecule has 2 atom stereocenters. The molecule has 1 heterocycles. The molecule has 136 valence electrons. The van der Waals surface area contributed by atoms with E-state index in [0.717, 1.165) is 19.8 Å². The molecule has 0 radical (unpaired) electrons. The Morgan fingerprint density at radius 1 is 0.826 bits per heavy atom. The van der Waals surface area contributed by atoms with Crippen molar-refractivity contribution in [2.24, 2.45) is 11.8 Å². The normalized spacial score (nSPS) is 31.6. The van der Waals surface area contributed by atoms with Gasteiger partial charge in [-0.1, -0.05) is 41.5 Å². The first-order valence-electron chi connectivity index (χ1n) is 9.06. The first-order chi connectivity index (χ1) is 10.1. The summed E-state index contributed by atoms with van der Waals surface area (Å²) in [4.78, 5) is 0. The van der Waals surface area contributed by atoms with Gasteiger partial charge >= 0.3 is 0 Å². The highest BCUT2D eigenvalue weighted by molar-refractivity contribution is 6.74. The predicted molar refractivity (Wildman–Crippen MR) is 102 cm³/mol. The Kier molecular flexibility index (Phi) is 4.83. The lowest BCUT2D eigenvalue weighted by Crippen LogP contribution is -2.42. The molecule has 23 heavy (non-hydrogen) atoms. The van der Waals surface area contributed by atoms with Crippen LogP contribution in [0.15, 0.2) is 0 Å². The molecule has 1 saturated heterocycles. The molecular formula is C18H38O3Si2. The standard InChI is InChI=1S/C18H38O3Si2/c1-16(2,3)22(7,8)20-11-14-15(18(14)13-19-18)12-21-23(9,10)17(4,5)6/h14-15H,11-13H2,1-10H3/t14-,15-/m0/s1. The Morgan fingerprint density at radius 3 is 1.35 bits per heavy atom. The zero-order chi connectivity index (χ0) is 17.9. The first kappa shape index (κ1) is 19.6. The fourth-order valence-electron chi connectivity index (χ4n) is 2.63. The third-order valence-electron chi connectivity index (χ3n) is 6.97. The molecule has 0 amide bonds. The van der Waals surface area contributed by atoms with Crippen LogP contribution in [0.3, 0.4) is 0 Å². The lowest BCUT2D eigenvalue weighted by Gasteiger charge is -2.36. The summed E-state index contributed by atoms with van der Waals surface area (Å²) in [7, 11) is -3.34. The molecule has 1 aliphatic heterocycles. The van der Waals surface area contributed by atoms with Crippen molar-refractivity contribution in [2.75, 3.05) is 19.8 Å². The van der Waals surface area contributed by atoms with Crippen LogP contribution in [0.5, 0.6) is 0 Å². The van der Waals surface area contributed by atoms with Crippen molar-refractivity contribution in [3.05, 3.63) is 0 Å². The molecule has 2 rings (SSSR count). The van der Waals surface area contributed by atoms with Crippen LogP contribution in [0.4, 0.5) is 0 Å². The molecule has 0 unspecified atom stereocenters. The third-order valence-corrected chi connectivity index (χ3v) is 16.0. The van der Waals surface area contributed by atoms with Gasteiger partial charge in [0.15, 0.2) is 16.6 Å². The third kappa shape index (κ3) is 3.79. The van der Waals surface area contributed by atoms with Crippen molar-refractivity contribution in [2.45, 2.75) is 83.4 Å². The smallest absolute Gasteiger partial charge is 0.191 e. The van der Waals surface area contributed by atoms with E-state index >= 15 is 0 Å². The molecule has 0 aromatic heterocycles. The highest BCUT2D eigenvalue weighted by Crippen LogP contribution is 2.63. The van der Waals surface area contributed by atoms with Crippen LogP contribution in [-0.2, 0) is 13.6 Å². The summed E-state index contributed by atoms with van der Waals surface area (Å²) in [5.74, 6) is 1.09. The Hall–Kier alpha value is 0.314. The Morgan fingerprint density at radius 2 is 1.13 bits per heavy atom. The van der Waals surface area contributed by atoms with E-state index < -0.39 is 16.6 Å². The monoisotopic (exact) mass is 358 g/mol. The average Bonchev–Trinajstić information content (AvgIpc) is 3.22. The summed E-state index contributed by atoms with van der Waals surface area (Å²) >= 11 is 0. The van der Waals surface area contributed by atoms with E-state index in [1.165, 1.54) is 0 Å². The van der Waals surface area contributed by atoms with Gasteiger partial charge in [-0.2, -0.15) is 0 Å².